The summed E-state index contributed by atoms with van der Waals surface area (Å²) in [7, 11) is -2.10. The van der Waals surface area contributed by atoms with Crippen molar-refractivity contribution in [1.82, 2.24) is 10.0 Å². The van der Waals surface area contributed by atoms with Gasteiger partial charge in [-0.1, -0.05) is 6.42 Å². The first kappa shape index (κ1) is 15.9. The van der Waals surface area contributed by atoms with Crippen LogP contribution in [0.2, 0.25) is 0 Å². The summed E-state index contributed by atoms with van der Waals surface area (Å²) in [5.41, 5.74) is 0.405. The fourth-order valence-electron chi connectivity index (χ4n) is 2.49. The van der Waals surface area contributed by atoms with E-state index in [2.05, 4.69) is 10.0 Å². The van der Waals surface area contributed by atoms with Gasteiger partial charge in [-0.25, -0.2) is 13.1 Å². The van der Waals surface area contributed by atoms with Gasteiger partial charge in [0.2, 0.25) is 10.0 Å². The van der Waals surface area contributed by atoms with E-state index >= 15 is 0 Å². The Balaban J connectivity index is 2.03. The molecule has 0 radical (unpaired) electrons. The average Bonchev–Trinajstić information content (AvgIpc) is 2.90. The molecule has 0 aromatic heterocycles. The Morgan fingerprint density at radius 1 is 1.29 bits per heavy atom. The van der Waals surface area contributed by atoms with Gasteiger partial charge in [0.1, 0.15) is 0 Å². The van der Waals surface area contributed by atoms with Crippen molar-refractivity contribution < 1.29 is 18.3 Å². The van der Waals surface area contributed by atoms with Gasteiger partial charge in [0.15, 0.2) is 0 Å². The molecule has 0 saturated heterocycles. The zero-order valence-electron chi connectivity index (χ0n) is 11.9. The lowest BCUT2D eigenvalue weighted by atomic mass is 10.1. The van der Waals surface area contributed by atoms with Crippen molar-refractivity contribution in [1.29, 1.82) is 0 Å². The molecule has 1 aromatic rings. The predicted octanol–water partition coefficient (Wildman–Crippen LogP) is 0.485. The molecule has 1 aliphatic carbocycles. The Labute approximate surface area is 124 Å². The molecule has 0 heterocycles. The Bertz CT molecular complexity index is 598. The first-order valence-electron chi connectivity index (χ1n) is 6.94. The lowest BCUT2D eigenvalue weighted by molar-refractivity contribution is 0.0963. The summed E-state index contributed by atoms with van der Waals surface area (Å²) in [5.74, 6) is -0.286. The fraction of sp³-hybridized carbons (Fsp3) is 0.500. The number of sulfonamides is 1. The van der Waals surface area contributed by atoms with Crippen molar-refractivity contribution >= 4 is 15.9 Å². The largest absolute Gasteiger partial charge is 0.393 e. The molecule has 1 saturated carbocycles. The van der Waals surface area contributed by atoms with Crippen LogP contribution in [0.15, 0.2) is 29.2 Å². The number of aliphatic hydroxyl groups excluding tert-OH is 1. The first-order chi connectivity index (χ1) is 9.94. The number of amides is 1. The van der Waals surface area contributed by atoms with Crippen LogP contribution in [0.3, 0.4) is 0 Å². The number of hydrogen-bond donors (Lipinski definition) is 3. The second-order valence-corrected chi connectivity index (χ2v) is 6.98. The van der Waals surface area contributed by atoms with Crippen LogP contribution in [0.5, 0.6) is 0 Å². The van der Waals surface area contributed by atoms with Crippen molar-refractivity contribution in [3.63, 3.8) is 0 Å². The van der Waals surface area contributed by atoms with Crippen LogP contribution in [0.25, 0.3) is 0 Å². The van der Waals surface area contributed by atoms with Gasteiger partial charge in [0.05, 0.1) is 11.0 Å². The Morgan fingerprint density at radius 3 is 2.48 bits per heavy atom. The molecule has 21 heavy (non-hydrogen) atoms. The number of benzene rings is 1. The van der Waals surface area contributed by atoms with E-state index in [0.717, 1.165) is 19.3 Å². The summed E-state index contributed by atoms with van der Waals surface area (Å²) >= 11 is 0. The number of aliphatic hydroxyl groups is 1. The lowest BCUT2D eigenvalue weighted by Crippen LogP contribution is -2.32. The molecule has 0 aliphatic heterocycles. The summed E-state index contributed by atoms with van der Waals surface area (Å²) in [5, 5.41) is 12.2. The molecule has 1 aromatic carbocycles. The molecule has 116 valence electrons. The maximum absolute atomic E-state index is 12.2. The van der Waals surface area contributed by atoms with Crippen LogP contribution in [-0.4, -0.2) is 39.1 Å². The minimum absolute atomic E-state index is 0.0232. The fourth-order valence-corrected chi connectivity index (χ4v) is 3.58. The molecule has 6 nitrogen and oxygen atoms in total. The van der Waals surface area contributed by atoms with Gasteiger partial charge in [0, 0.05) is 19.2 Å². The smallest absolute Gasteiger partial charge is 0.251 e. The number of rotatable bonds is 5. The molecule has 1 fully saturated rings. The normalized spacial score (nSPS) is 22.2. The lowest BCUT2D eigenvalue weighted by Gasteiger charge is -2.15. The molecule has 2 unspecified atom stereocenters. The number of nitrogens with one attached hydrogen (secondary N) is 2. The highest BCUT2D eigenvalue weighted by Gasteiger charge is 2.26. The molecule has 0 spiro atoms. The van der Waals surface area contributed by atoms with Gasteiger partial charge in [-0.3, -0.25) is 4.79 Å². The van der Waals surface area contributed by atoms with Crippen molar-refractivity contribution in [2.45, 2.75) is 30.3 Å². The van der Waals surface area contributed by atoms with E-state index in [9.17, 15) is 18.3 Å². The summed E-state index contributed by atoms with van der Waals surface area (Å²) in [6.45, 7) is 0.237. The van der Waals surface area contributed by atoms with Gasteiger partial charge in [-0.05, 0) is 43.0 Å². The highest BCUT2D eigenvalue weighted by atomic mass is 32.2. The van der Waals surface area contributed by atoms with Gasteiger partial charge in [-0.15, -0.1) is 0 Å². The third-order valence-corrected chi connectivity index (χ3v) is 5.25. The Hall–Kier alpha value is -1.44. The number of carbonyl (C=O) groups is 1. The van der Waals surface area contributed by atoms with Crippen molar-refractivity contribution in [2.24, 2.45) is 5.92 Å². The SMILES string of the molecule is CNC(=O)c1ccc(S(=O)(=O)NCC2CCCC2O)cc1. The van der Waals surface area contributed by atoms with E-state index in [-0.39, 0.29) is 23.3 Å². The van der Waals surface area contributed by atoms with E-state index in [1.807, 2.05) is 0 Å². The highest BCUT2D eigenvalue weighted by molar-refractivity contribution is 7.89. The van der Waals surface area contributed by atoms with Crippen molar-refractivity contribution in [2.75, 3.05) is 13.6 Å². The molecule has 0 bridgehead atoms. The van der Waals surface area contributed by atoms with Crippen LogP contribution in [0.1, 0.15) is 29.6 Å². The van der Waals surface area contributed by atoms with Crippen molar-refractivity contribution in [3.05, 3.63) is 29.8 Å². The zero-order valence-corrected chi connectivity index (χ0v) is 12.7. The molecular formula is C14H20N2O4S. The maximum atomic E-state index is 12.2. The summed E-state index contributed by atoms with van der Waals surface area (Å²) < 4.78 is 26.8. The average molecular weight is 312 g/mol. The third kappa shape index (κ3) is 3.81. The summed E-state index contributed by atoms with van der Waals surface area (Å²) in [6, 6.07) is 5.74. The van der Waals surface area contributed by atoms with Gasteiger partial charge in [-0.2, -0.15) is 0 Å². The highest BCUT2D eigenvalue weighted by Crippen LogP contribution is 2.25. The number of hydrogen-bond acceptors (Lipinski definition) is 4. The zero-order chi connectivity index (χ0) is 15.5. The Morgan fingerprint density at radius 2 is 1.95 bits per heavy atom. The molecule has 3 N–H and O–H groups in total. The topological polar surface area (TPSA) is 95.5 Å². The Kier molecular flexibility index (Phi) is 4.97. The van der Waals surface area contributed by atoms with E-state index in [4.69, 9.17) is 0 Å². The summed E-state index contributed by atoms with van der Waals surface area (Å²) in [4.78, 5) is 11.5. The quantitative estimate of drug-likeness (QED) is 0.737. The van der Waals surface area contributed by atoms with Crippen LogP contribution in [0.4, 0.5) is 0 Å². The second-order valence-electron chi connectivity index (χ2n) is 5.21. The monoisotopic (exact) mass is 312 g/mol. The van der Waals surface area contributed by atoms with Gasteiger partial charge < -0.3 is 10.4 Å². The van der Waals surface area contributed by atoms with Crippen LogP contribution in [0, 0.1) is 5.92 Å². The first-order valence-corrected chi connectivity index (χ1v) is 8.42. The summed E-state index contributed by atoms with van der Waals surface area (Å²) in [6.07, 6.45) is 2.06. The molecule has 1 aliphatic rings. The van der Waals surface area contributed by atoms with Crippen LogP contribution >= 0.6 is 0 Å². The molecule has 2 atom stereocenters. The van der Waals surface area contributed by atoms with Crippen LogP contribution in [-0.2, 0) is 10.0 Å². The van der Waals surface area contributed by atoms with Gasteiger partial charge in [0.25, 0.3) is 5.91 Å². The molecule has 2 rings (SSSR count). The van der Waals surface area contributed by atoms with E-state index < -0.39 is 16.1 Å². The number of carbonyl (C=O) groups excluding carboxylic acids is 1. The predicted molar refractivity (Wildman–Crippen MR) is 78.4 cm³/mol. The second kappa shape index (κ2) is 6.55. The maximum Gasteiger partial charge on any atom is 0.251 e. The van der Waals surface area contributed by atoms with Crippen LogP contribution < -0.4 is 10.0 Å². The molecule has 1 amide bonds. The van der Waals surface area contributed by atoms with E-state index in [0.29, 0.717) is 5.56 Å². The minimum atomic E-state index is -3.61. The van der Waals surface area contributed by atoms with E-state index in [1.54, 1.807) is 0 Å². The van der Waals surface area contributed by atoms with Crippen molar-refractivity contribution in [3.8, 4) is 0 Å². The molecule has 7 heteroatoms. The third-order valence-electron chi connectivity index (χ3n) is 3.81. The minimum Gasteiger partial charge on any atom is -0.393 e. The standard InChI is InChI=1S/C14H20N2O4S/c1-15-14(18)10-5-7-12(8-6-10)21(19,20)16-9-11-3-2-4-13(11)17/h5-8,11,13,16-17H,2-4,9H2,1H3,(H,15,18). The van der Waals surface area contributed by atoms with E-state index in [1.165, 1.54) is 31.3 Å². The van der Waals surface area contributed by atoms with Gasteiger partial charge >= 0.3 is 0 Å². The molecular weight excluding hydrogens is 292 g/mol.